The first kappa shape index (κ1) is 20.2. The van der Waals surface area contributed by atoms with Crippen molar-refractivity contribution in [3.05, 3.63) is 89.9 Å². The molecule has 0 atom stereocenters. The fourth-order valence-corrected chi connectivity index (χ4v) is 3.38. The Labute approximate surface area is 178 Å². The molecule has 0 saturated carbocycles. The summed E-state index contributed by atoms with van der Waals surface area (Å²) in [5.74, 6) is -0.598. The molecule has 0 bridgehead atoms. The van der Waals surface area contributed by atoms with E-state index < -0.39 is 17.6 Å². The Bertz CT molecular complexity index is 1170. The van der Waals surface area contributed by atoms with Gasteiger partial charge in [-0.15, -0.1) is 0 Å². The summed E-state index contributed by atoms with van der Waals surface area (Å²) in [4.78, 5) is 27.9. The molecule has 1 N–H and O–H groups in total. The van der Waals surface area contributed by atoms with Crippen LogP contribution in [0, 0.1) is 5.82 Å². The zero-order valence-electron chi connectivity index (χ0n) is 16.9. The summed E-state index contributed by atoms with van der Waals surface area (Å²) in [7, 11) is 2.97. The van der Waals surface area contributed by atoms with Gasteiger partial charge in [0.05, 0.1) is 25.5 Å². The molecule has 0 radical (unpaired) electrons. The average molecular weight is 418 g/mol. The highest BCUT2D eigenvalue weighted by molar-refractivity contribution is 6.46. The molecule has 31 heavy (non-hydrogen) atoms. The smallest absolute Gasteiger partial charge is 0.282 e. The van der Waals surface area contributed by atoms with Crippen LogP contribution in [0.1, 0.15) is 5.56 Å². The third-order valence-electron chi connectivity index (χ3n) is 4.89. The normalized spacial score (nSPS) is 13.6. The highest BCUT2D eigenvalue weighted by Crippen LogP contribution is 2.39. The molecule has 1 aliphatic heterocycles. The number of carbonyl (C=O) groups is 2. The van der Waals surface area contributed by atoms with Gasteiger partial charge in [-0.1, -0.05) is 30.3 Å². The zero-order chi connectivity index (χ0) is 22.0. The molecule has 156 valence electrons. The average Bonchev–Trinajstić information content (AvgIpc) is 3.04. The third kappa shape index (κ3) is 3.73. The maximum Gasteiger partial charge on any atom is 0.282 e. The molecule has 2 amide bonds. The Morgan fingerprint density at radius 2 is 1.55 bits per heavy atom. The van der Waals surface area contributed by atoms with Crippen LogP contribution in [-0.2, 0) is 9.59 Å². The van der Waals surface area contributed by atoms with Gasteiger partial charge in [0.1, 0.15) is 23.0 Å². The molecule has 1 aliphatic rings. The lowest BCUT2D eigenvalue weighted by atomic mass is 10.0. The van der Waals surface area contributed by atoms with E-state index in [9.17, 15) is 14.0 Å². The van der Waals surface area contributed by atoms with Crippen molar-refractivity contribution in [3.63, 3.8) is 0 Å². The monoisotopic (exact) mass is 418 g/mol. The van der Waals surface area contributed by atoms with Crippen molar-refractivity contribution in [1.29, 1.82) is 0 Å². The van der Waals surface area contributed by atoms with Crippen LogP contribution in [-0.4, -0.2) is 26.0 Å². The Morgan fingerprint density at radius 3 is 2.19 bits per heavy atom. The van der Waals surface area contributed by atoms with Gasteiger partial charge in [0.2, 0.25) is 0 Å². The molecule has 0 unspecified atom stereocenters. The molecule has 0 fully saturated rings. The van der Waals surface area contributed by atoms with Crippen molar-refractivity contribution in [1.82, 2.24) is 0 Å². The molecule has 0 aromatic heterocycles. The standard InChI is InChI=1S/C24H19FN2O4/c1-30-18-12-13-19(20(14-18)31-2)27-23(28)21(15-6-4-3-5-7-15)22(24(27)29)26-17-10-8-16(25)9-11-17/h3-14,26H,1-2H3. The maximum atomic E-state index is 13.5. The molecule has 4 rings (SSSR count). The van der Waals surface area contributed by atoms with Crippen molar-refractivity contribution in [2.75, 3.05) is 24.4 Å². The van der Waals surface area contributed by atoms with E-state index in [2.05, 4.69) is 5.32 Å². The molecule has 0 aliphatic carbocycles. The van der Waals surface area contributed by atoms with Gasteiger partial charge in [-0.05, 0) is 42.0 Å². The number of hydrogen-bond donors (Lipinski definition) is 1. The predicted octanol–water partition coefficient (Wildman–Crippen LogP) is 4.24. The van der Waals surface area contributed by atoms with E-state index in [0.29, 0.717) is 28.4 Å². The first-order valence-corrected chi connectivity index (χ1v) is 9.46. The fraction of sp³-hybridized carbons (Fsp3) is 0.0833. The van der Waals surface area contributed by atoms with Gasteiger partial charge in [-0.2, -0.15) is 0 Å². The lowest BCUT2D eigenvalue weighted by molar-refractivity contribution is -0.120. The van der Waals surface area contributed by atoms with Crippen LogP contribution < -0.4 is 19.7 Å². The van der Waals surface area contributed by atoms with Crippen LogP contribution in [0.3, 0.4) is 0 Å². The lowest BCUT2D eigenvalue weighted by Gasteiger charge is -2.19. The summed E-state index contributed by atoms with van der Waals surface area (Å²) in [5.41, 5.74) is 1.67. The second kappa shape index (κ2) is 8.31. The Hall–Kier alpha value is -4.13. The Morgan fingerprint density at radius 1 is 0.839 bits per heavy atom. The molecular weight excluding hydrogens is 399 g/mol. The molecule has 6 nitrogen and oxygen atoms in total. The number of amides is 2. The summed E-state index contributed by atoms with van der Waals surface area (Å²) < 4.78 is 23.9. The van der Waals surface area contributed by atoms with Crippen molar-refractivity contribution in [2.45, 2.75) is 0 Å². The number of imide groups is 1. The minimum Gasteiger partial charge on any atom is -0.497 e. The fourth-order valence-electron chi connectivity index (χ4n) is 3.38. The lowest BCUT2D eigenvalue weighted by Crippen LogP contribution is -2.32. The number of halogens is 1. The van der Waals surface area contributed by atoms with E-state index in [1.807, 2.05) is 6.07 Å². The van der Waals surface area contributed by atoms with Gasteiger partial charge in [0.15, 0.2) is 0 Å². The minimum atomic E-state index is -0.545. The van der Waals surface area contributed by atoms with Crippen molar-refractivity contribution >= 4 is 28.8 Å². The van der Waals surface area contributed by atoms with E-state index in [4.69, 9.17) is 9.47 Å². The SMILES string of the molecule is COc1ccc(N2C(=O)C(Nc3ccc(F)cc3)=C(c3ccccc3)C2=O)c(OC)c1. The minimum absolute atomic E-state index is 0.0979. The van der Waals surface area contributed by atoms with Crippen LogP contribution >= 0.6 is 0 Å². The van der Waals surface area contributed by atoms with Crippen molar-refractivity contribution in [2.24, 2.45) is 0 Å². The molecule has 0 saturated heterocycles. The van der Waals surface area contributed by atoms with E-state index >= 15 is 0 Å². The van der Waals surface area contributed by atoms with Gasteiger partial charge in [0, 0.05) is 11.8 Å². The zero-order valence-corrected chi connectivity index (χ0v) is 16.9. The summed E-state index contributed by atoms with van der Waals surface area (Å²) in [6.07, 6.45) is 0. The van der Waals surface area contributed by atoms with Crippen LogP contribution in [0.25, 0.3) is 5.57 Å². The second-order valence-corrected chi connectivity index (χ2v) is 6.73. The predicted molar refractivity (Wildman–Crippen MR) is 115 cm³/mol. The molecule has 1 heterocycles. The Kier molecular flexibility index (Phi) is 5.41. The highest BCUT2D eigenvalue weighted by atomic mass is 19.1. The van der Waals surface area contributed by atoms with Crippen LogP contribution in [0.2, 0.25) is 0 Å². The molecule has 3 aromatic carbocycles. The number of anilines is 2. The summed E-state index contributed by atoms with van der Waals surface area (Å²) >= 11 is 0. The van der Waals surface area contributed by atoms with Crippen LogP contribution in [0.5, 0.6) is 11.5 Å². The van der Waals surface area contributed by atoms with Gasteiger partial charge in [0.25, 0.3) is 11.8 Å². The van der Waals surface area contributed by atoms with E-state index in [1.165, 1.54) is 38.5 Å². The maximum absolute atomic E-state index is 13.5. The van der Waals surface area contributed by atoms with Gasteiger partial charge >= 0.3 is 0 Å². The van der Waals surface area contributed by atoms with Gasteiger partial charge in [-0.25, -0.2) is 9.29 Å². The quantitative estimate of drug-likeness (QED) is 0.607. The van der Waals surface area contributed by atoms with Crippen LogP contribution in [0.15, 0.2) is 78.5 Å². The van der Waals surface area contributed by atoms with Crippen molar-refractivity contribution < 1.29 is 23.5 Å². The Balaban J connectivity index is 1.82. The number of methoxy groups -OCH3 is 2. The van der Waals surface area contributed by atoms with E-state index in [1.54, 1.807) is 42.5 Å². The van der Waals surface area contributed by atoms with E-state index in [0.717, 1.165) is 4.90 Å². The summed E-state index contributed by atoms with van der Waals surface area (Å²) in [6.45, 7) is 0. The second-order valence-electron chi connectivity index (χ2n) is 6.73. The number of benzene rings is 3. The molecule has 0 spiro atoms. The number of nitrogens with zero attached hydrogens (tertiary/aromatic N) is 1. The number of hydrogen-bond acceptors (Lipinski definition) is 5. The first-order valence-electron chi connectivity index (χ1n) is 9.46. The molecule has 3 aromatic rings. The molecular formula is C24H19FN2O4. The topological polar surface area (TPSA) is 67.9 Å². The van der Waals surface area contributed by atoms with Gasteiger partial charge in [-0.3, -0.25) is 9.59 Å². The van der Waals surface area contributed by atoms with Crippen LogP contribution in [0.4, 0.5) is 15.8 Å². The molecule has 7 heteroatoms. The number of carbonyl (C=O) groups excluding carboxylic acids is 2. The third-order valence-corrected chi connectivity index (χ3v) is 4.89. The van der Waals surface area contributed by atoms with Crippen molar-refractivity contribution in [3.8, 4) is 11.5 Å². The number of rotatable bonds is 6. The highest BCUT2D eigenvalue weighted by Gasteiger charge is 2.41. The number of nitrogens with one attached hydrogen (secondary N) is 1. The summed E-state index contributed by atoms with van der Waals surface area (Å²) in [5, 5.41) is 2.99. The largest absolute Gasteiger partial charge is 0.497 e. The van der Waals surface area contributed by atoms with E-state index in [-0.39, 0.29) is 11.3 Å². The first-order chi connectivity index (χ1) is 15.0. The van der Waals surface area contributed by atoms with Gasteiger partial charge < -0.3 is 14.8 Å². The number of ether oxygens (including phenoxy) is 2. The summed E-state index contributed by atoms with van der Waals surface area (Å²) in [6, 6.07) is 19.3.